The minimum atomic E-state index is 0.876. The monoisotopic (exact) mass is 389 g/mol. The van der Waals surface area contributed by atoms with Crippen molar-refractivity contribution in [3.05, 3.63) is 59.9 Å². The summed E-state index contributed by atoms with van der Waals surface area (Å²) in [7, 11) is 0. The van der Waals surface area contributed by atoms with Crippen LogP contribution in [-0.4, -0.2) is 20.7 Å². The molecular formula is C22H19N3S2. The first-order valence-corrected chi connectivity index (χ1v) is 10.9. The number of fused-ring (bicyclic) bond motifs is 5. The van der Waals surface area contributed by atoms with Gasteiger partial charge in [0.1, 0.15) is 16.2 Å². The van der Waals surface area contributed by atoms with E-state index in [4.69, 9.17) is 4.98 Å². The summed E-state index contributed by atoms with van der Waals surface area (Å²) >= 11 is 3.47. The van der Waals surface area contributed by atoms with Crippen LogP contribution in [0.4, 0.5) is 0 Å². The third kappa shape index (κ3) is 2.86. The van der Waals surface area contributed by atoms with Gasteiger partial charge in [-0.1, -0.05) is 42.5 Å². The quantitative estimate of drug-likeness (QED) is 0.241. The summed E-state index contributed by atoms with van der Waals surface area (Å²) in [5.74, 6) is 0.876. The SMILES string of the molecule is C=C(C)CSc1ncnc2c1sc1nc(-c3ccccc3)c3c(c12)CCC3. The average Bonchev–Trinajstić information content (AvgIpc) is 3.30. The van der Waals surface area contributed by atoms with Crippen LogP contribution < -0.4 is 0 Å². The second-order valence-corrected chi connectivity index (χ2v) is 8.98. The van der Waals surface area contributed by atoms with Crippen LogP contribution in [0.1, 0.15) is 24.5 Å². The summed E-state index contributed by atoms with van der Waals surface area (Å²) in [6.07, 6.45) is 5.10. The second-order valence-electron chi connectivity index (χ2n) is 7.02. The second kappa shape index (κ2) is 6.73. The fourth-order valence-electron chi connectivity index (χ4n) is 3.81. The molecule has 4 aromatic rings. The highest BCUT2D eigenvalue weighted by molar-refractivity contribution is 7.99. The zero-order valence-electron chi connectivity index (χ0n) is 15.2. The Balaban J connectivity index is 1.77. The molecule has 27 heavy (non-hydrogen) atoms. The Labute approximate surface area is 166 Å². The van der Waals surface area contributed by atoms with Crippen LogP contribution >= 0.6 is 23.1 Å². The molecule has 0 atom stereocenters. The highest BCUT2D eigenvalue weighted by Gasteiger charge is 2.24. The lowest BCUT2D eigenvalue weighted by molar-refractivity contribution is 0.913. The van der Waals surface area contributed by atoms with Crippen LogP contribution in [0, 0.1) is 0 Å². The van der Waals surface area contributed by atoms with Gasteiger partial charge in [0.25, 0.3) is 0 Å². The van der Waals surface area contributed by atoms with Gasteiger partial charge in [-0.25, -0.2) is 15.0 Å². The van der Waals surface area contributed by atoms with E-state index in [0.717, 1.165) is 49.9 Å². The van der Waals surface area contributed by atoms with Crippen molar-refractivity contribution in [2.75, 3.05) is 5.75 Å². The van der Waals surface area contributed by atoms with E-state index in [-0.39, 0.29) is 0 Å². The van der Waals surface area contributed by atoms with Crippen molar-refractivity contribution in [2.45, 2.75) is 31.2 Å². The van der Waals surface area contributed by atoms with Crippen LogP contribution in [0.2, 0.25) is 0 Å². The molecule has 3 heterocycles. The van der Waals surface area contributed by atoms with E-state index in [1.807, 2.05) is 0 Å². The first-order chi connectivity index (χ1) is 13.2. The number of hydrogen-bond acceptors (Lipinski definition) is 5. The van der Waals surface area contributed by atoms with E-state index in [9.17, 15) is 0 Å². The summed E-state index contributed by atoms with van der Waals surface area (Å²) in [6.45, 7) is 6.06. The first kappa shape index (κ1) is 16.9. The van der Waals surface area contributed by atoms with E-state index in [0.29, 0.717) is 0 Å². The van der Waals surface area contributed by atoms with Gasteiger partial charge in [-0.3, -0.25) is 0 Å². The lowest BCUT2D eigenvalue weighted by Crippen LogP contribution is -1.94. The van der Waals surface area contributed by atoms with Crippen molar-refractivity contribution in [1.82, 2.24) is 15.0 Å². The predicted molar refractivity (Wildman–Crippen MR) is 116 cm³/mol. The molecule has 0 amide bonds. The molecule has 0 unspecified atom stereocenters. The number of aromatic nitrogens is 3. The van der Waals surface area contributed by atoms with Gasteiger partial charge in [-0.15, -0.1) is 23.1 Å². The lowest BCUT2D eigenvalue weighted by atomic mass is 10.0. The third-order valence-electron chi connectivity index (χ3n) is 4.94. The van der Waals surface area contributed by atoms with Gasteiger partial charge >= 0.3 is 0 Å². The smallest absolute Gasteiger partial charge is 0.127 e. The molecule has 0 aliphatic heterocycles. The first-order valence-electron chi connectivity index (χ1n) is 9.14. The Hall–Kier alpha value is -2.24. The summed E-state index contributed by atoms with van der Waals surface area (Å²) in [5, 5.41) is 2.29. The minimum absolute atomic E-state index is 0.876. The highest BCUT2D eigenvalue weighted by Crippen LogP contribution is 2.43. The van der Waals surface area contributed by atoms with Gasteiger partial charge in [0.05, 0.1) is 15.9 Å². The van der Waals surface area contributed by atoms with Crippen LogP contribution in [-0.2, 0) is 12.8 Å². The average molecular weight is 390 g/mol. The predicted octanol–water partition coefficient (Wildman–Crippen LogP) is 6.06. The van der Waals surface area contributed by atoms with Gasteiger partial charge < -0.3 is 0 Å². The number of rotatable bonds is 4. The molecule has 3 nitrogen and oxygen atoms in total. The molecule has 0 saturated carbocycles. The van der Waals surface area contributed by atoms with E-state index < -0.39 is 0 Å². The van der Waals surface area contributed by atoms with Gasteiger partial charge in [-0.2, -0.15) is 0 Å². The lowest BCUT2D eigenvalue weighted by Gasteiger charge is -2.09. The number of thiophene rings is 1. The number of pyridine rings is 1. The molecule has 1 aliphatic rings. The van der Waals surface area contributed by atoms with Gasteiger partial charge in [-0.05, 0) is 37.3 Å². The fraction of sp³-hybridized carbons (Fsp3) is 0.227. The van der Waals surface area contributed by atoms with Crippen LogP contribution in [0.3, 0.4) is 0 Å². The topological polar surface area (TPSA) is 38.7 Å². The van der Waals surface area contributed by atoms with E-state index in [2.05, 4.69) is 53.8 Å². The van der Waals surface area contributed by atoms with Crippen molar-refractivity contribution >= 4 is 43.5 Å². The summed E-state index contributed by atoms with van der Waals surface area (Å²) in [6, 6.07) is 10.6. The molecule has 0 bridgehead atoms. The van der Waals surface area contributed by atoms with Crippen LogP contribution in [0.5, 0.6) is 0 Å². The Bertz CT molecular complexity index is 1180. The number of benzene rings is 1. The molecule has 0 fully saturated rings. The summed E-state index contributed by atoms with van der Waals surface area (Å²) in [4.78, 5) is 15.4. The zero-order valence-corrected chi connectivity index (χ0v) is 16.8. The maximum atomic E-state index is 5.11. The van der Waals surface area contributed by atoms with Crippen LogP contribution in [0.15, 0.2) is 53.8 Å². The molecule has 0 spiro atoms. The Morgan fingerprint density at radius 3 is 2.78 bits per heavy atom. The van der Waals surface area contributed by atoms with Crippen LogP contribution in [0.25, 0.3) is 31.7 Å². The highest BCUT2D eigenvalue weighted by atomic mass is 32.2. The molecule has 3 aromatic heterocycles. The Kier molecular flexibility index (Phi) is 4.21. The number of aryl methyl sites for hydroxylation is 1. The molecule has 5 heteroatoms. The number of nitrogens with zero attached hydrogens (tertiary/aromatic N) is 3. The Morgan fingerprint density at radius 2 is 1.96 bits per heavy atom. The molecule has 1 aromatic carbocycles. The normalized spacial score (nSPS) is 13.4. The minimum Gasteiger partial charge on any atom is -0.236 e. The van der Waals surface area contributed by atoms with E-state index in [1.54, 1.807) is 29.4 Å². The maximum Gasteiger partial charge on any atom is 0.127 e. The van der Waals surface area contributed by atoms with Crippen molar-refractivity contribution in [3.8, 4) is 11.3 Å². The molecule has 0 radical (unpaired) electrons. The Morgan fingerprint density at radius 1 is 1.15 bits per heavy atom. The van der Waals surface area contributed by atoms with E-state index in [1.165, 1.54) is 28.5 Å². The molecule has 0 saturated heterocycles. The maximum absolute atomic E-state index is 5.11. The van der Waals surface area contributed by atoms with E-state index >= 15 is 0 Å². The van der Waals surface area contributed by atoms with Gasteiger partial charge in [0.15, 0.2) is 0 Å². The summed E-state index contributed by atoms with van der Waals surface area (Å²) in [5.41, 5.74) is 7.42. The van der Waals surface area contributed by atoms with Crippen molar-refractivity contribution in [3.63, 3.8) is 0 Å². The number of thioether (sulfide) groups is 1. The fourth-order valence-corrected chi connectivity index (χ4v) is 5.88. The zero-order chi connectivity index (χ0) is 18.4. The summed E-state index contributed by atoms with van der Waals surface area (Å²) < 4.78 is 1.16. The van der Waals surface area contributed by atoms with Crippen molar-refractivity contribution in [2.24, 2.45) is 0 Å². The van der Waals surface area contributed by atoms with Crippen molar-refractivity contribution in [1.29, 1.82) is 0 Å². The van der Waals surface area contributed by atoms with Crippen molar-refractivity contribution < 1.29 is 0 Å². The molecule has 0 N–H and O–H groups in total. The molecule has 1 aliphatic carbocycles. The molecular weight excluding hydrogens is 370 g/mol. The number of hydrogen-bond donors (Lipinski definition) is 0. The van der Waals surface area contributed by atoms with Gasteiger partial charge in [0.2, 0.25) is 0 Å². The standard InChI is InChI=1S/C22H19N3S2/c1-13(2)11-26-22-20-19(23-12-24-22)17-15-9-6-10-16(15)18(25-21(17)27-20)14-7-4-3-5-8-14/h3-5,7-8,12H,1,6,9-11H2,2H3. The largest absolute Gasteiger partial charge is 0.236 e. The molecule has 5 rings (SSSR count). The van der Waals surface area contributed by atoms with Gasteiger partial charge in [0, 0.05) is 16.7 Å². The third-order valence-corrected chi connectivity index (χ3v) is 7.37. The molecule has 134 valence electrons.